The van der Waals surface area contributed by atoms with E-state index >= 15 is 13.2 Å². The highest BCUT2D eigenvalue weighted by Crippen LogP contribution is 2.43. The zero-order valence-corrected chi connectivity index (χ0v) is 24.0. The zero-order chi connectivity index (χ0) is 30.7. The molecule has 3 aliphatic rings. The number of hydrogen-bond donors (Lipinski definition) is 1. The van der Waals surface area contributed by atoms with Crippen LogP contribution in [0.4, 0.5) is 27.8 Å². The normalized spacial score (nSPS) is 22.9. The molecule has 3 aliphatic heterocycles. The van der Waals surface area contributed by atoms with E-state index in [1.54, 1.807) is 0 Å². The van der Waals surface area contributed by atoms with Gasteiger partial charge in [0.15, 0.2) is 11.6 Å². The van der Waals surface area contributed by atoms with Gasteiger partial charge in [0.2, 0.25) is 0 Å². The number of nitrogens with zero attached hydrogens (tertiary/aromatic N) is 6. The largest absolute Gasteiger partial charge is 0.508 e. The summed E-state index contributed by atoms with van der Waals surface area (Å²) in [4.78, 5) is 19.6. The molecule has 3 saturated heterocycles. The van der Waals surface area contributed by atoms with Crippen LogP contribution in [-0.2, 0) is 0 Å². The summed E-state index contributed by atoms with van der Waals surface area (Å²) >= 11 is 0. The third-order valence-electron chi connectivity index (χ3n) is 9.24. The molecule has 3 fully saturated rings. The summed E-state index contributed by atoms with van der Waals surface area (Å²) in [6, 6.07) is 4.35. The lowest BCUT2D eigenvalue weighted by Crippen LogP contribution is -2.45. The highest BCUT2D eigenvalue weighted by molar-refractivity contribution is 6.02. The summed E-state index contributed by atoms with van der Waals surface area (Å²) in [6.45, 7) is 3.75. The van der Waals surface area contributed by atoms with Crippen molar-refractivity contribution in [1.29, 1.82) is 0 Å². The van der Waals surface area contributed by atoms with Gasteiger partial charge in [-0.2, -0.15) is 9.97 Å². The first-order valence-electron chi connectivity index (χ1n) is 14.7. The second-order valence-corrected chi connectivity index (χ2v) is 12.0. The van der Waals surface area contributed by atoms with Crippen LogP contribution in [0.3, 0.4) is 0 Å². The van der Waals surface area contributed by atoms with E-state index in [1.165, 1.54) is 18.3 Å². The van der Waals surface area contributed by atoms with Crippen molar-refractivity contribution in [2.75, 3.05) is 57.8 Å². The molecule has 8 nitrogen and oxygen atoms in total. The van der Waals surface area contributed by atoms with Crippen LogP contribution in [-0.4, -0.2) is 94.5 Å². The van der Waals surface area contributed by atoms with Crippen molar-refractivity contribution in [2.24, 2.45) is 0 Å². The van der Waals surface area contributed by atoms with Crippen LogP contribution in [0.1, 0.15) is 31.3 Å². The molecule has 13 heteroatoms. The van der Waals surface area contributed by atoms with Crippen LogP contribution in [0, 0.1) is 11.6 Å². The minimum Gasteiger partial charge on any atom is -0.508 e. The van der Waals surface area contributed by atoms with E-state index in [0.29, 0.717) is 45.0 Å². The first-order chi connectivity index (χ1) is 21.1. The number of phenols is 1. The lowest BCUT2D eigenvalue weighted by Gasteiger charge is -2.34. The fourth-order valence-corrected chi connectivity index (χ4v) is 7.03. The molecular weight excluding hydrogens is 583 g/mol. The lowest BCUT2D eigenvalue weighted by molar-refractivity contribution is 0.107. The Balaban J connectivity index is 1.41. The number of likely N-dealkylation sites (N-methyl/N-ethyl adjacent to an activating group) is 1. The van der Waals surface area contributed by atoms with Crippen LogP contribution >= 0.6 is 0 Å². The first kappa shape index (κ1) is 28.9. The van der Waals surface area contributed by atoms with E-state index in [1.807, 2.05) is 11.9 Å². The molecule has 0 bridgehead atoms. The Kier molecular flexibility index (Phi) is 7.19. The minimum atomic E-state index is -3.13. The van der Waals surface area contributed by atoms with Crippen molar-refractivity contribution < 1.29 is 31.8 Å². The maximum atomic E-state index is 15.1. The molecule has 2 aromatic carbocycles. The number of anilines is 1. The van der Waals surface area contributed by atoms with Crippen molar-refractivity contribution >= 4 is 27.5 Å². The summed E-state index contributed by atoms with van der Waals surface area (Å²) in [6.07, 6.45) is -0.795. The Bertz CT molecular complexity index is 1750. The fraction of sp³-hybridized carbons (Fsp3) is 0.452. The summed E-state index contributed by atoms with van der Waals surface area (Å²) in [7, 11) is 1.99. The lowest BCUT2D eigenvalue weighted by atomic mass is 9.95. The van der Waals surface area contributed by atoms with Crippen LogP contribution in [0.5, 0.6) is 11.8 Å². The third-order valence-corrected chi connectivity index (χ3v) is 9.24. The number of pyridine rings is 1. The topological polar surface area (TPSA) is 77.9 Å². The summed E-state index contributed by atoms with van der Waals surface area (Å²) in [5.41, 5.74) is -1.82. The molecule has 7 rings (SSSR count). The molecule has 0 saturated carbocycles. The van der Waals surface area contributed by atoms with Gasteiger partial charge in [-0.15, -0.1) is 0 Å². The molecular formula is C31H31F5N6O2. The molecule has 0 unspecified atom stereocenters. The SMILES string of the molecule is CN1CCN(c2nc(OC[C@@]34CCCN3C[C@H](F)C4)nc3c(C(F)F)c(-c4cc(O)cc5ccc(F)c(F)c45)ncc23)CC1. The molecule has 2 atom stereocenters. The maximum absolute atomic E-state index is 15.1. The molecule has 5 heterocycles. The number of aromatic nitrogens is 3. The maximum Gasteiger partial charge on any atom is 0.319 e. The molecule has 0 aliphatic carbocycles. The van der Waals surface area contributed by atoms with Crippen LogP contribution < -0.4 is 9.64 Å². The molecule has 2 aromatic heterocycles. The van der Waals surface area contributed by atoms with E-state index in [2.05, 4.69) is 24.8 Å². The Labute approximate surface area is 250 Å². The van der Waals surface area contributed by atoms with Gasteiger partial charge >= 0.3 is 6.01 Å². The first-order valence-corrected chi connectivity index (χ1v) is 14.7. The number of rotatable bonds is 6. The van der Waals surface area contributed by atoms with Crippen molar-refractivity contribution in [2.45, 2.75) is 37.4 Å². The fourth-order valence-electron chi connectivity index (χ4n) is 7.03. The Morgan fingerprint density at radius 1 is 1.09 bits per heavy atom. The van der Waals surface area contributed by atoms with Gasteiger partial charge in [0.05, 0.1) is 27.7 Å². The van der Waals surface area contributed by atoms with E-state index in [4.69, 9.17) is 4.74 Å². The average Bonchev–Trinajstić information content (AvgIpc) is 3.52. The summed E-state index contributed by atoms with van der Waals surface area (Å²) < 4.78 is 80.2. The molecule has 44 heavy (non-hydrogen) atoms. The number of halogens is 5. The summed E-state index contributed by atoms with van der Waals surface area (Å²) in [5.74, 6) is -2.37. The van der Waals surface area contributed by atoms with Crippen molar-refractivity contribution in [1.82, 2.24) is 24.8 Å². The van der Waals surface area contributed by atoms with Gasteiger partial charge in [0.1, 0.15) is 24.3 Å². The molecule has 232 valence electrons. The van der Waals surface area contributed by atoms with E-state index < -0.39 is 35.3 Å². The van der Waals surface area contributed by atoms with Gasteiger partial charge in [-0.05, 0) is 50.0 Å². The number of ether oxygens (including phenoxy) is 1. The number of benzene rings is 2. The van der Waals surface area contributed by atoms with E-state index in [0.717, 1.165) is 31.5 Å². The molecule has 0 amide bonds. The summed E-state index contributed by atoms with van der Waals surface area (Å²) in [5, 5.41) is 10.5. The molecule has 4 aromatic rings. The number of fused-ring (bicyclic) bond motifs is 3. The quantitative estimate of drug-likeness (QED) is 0.287. The van der Waals surface area contributed by atoms with Gasteiger partial charge < -0.3 is 19.6 Å². The Morgan fingerprint density at radius 2 is 1.89 bits per heavy atom. The van der Waals surface area contributed by atoms with Gasteiger partial charge in [-0.25, -0.2) is 22.0 Å². The standard InChI is InChI=1S/C31H31F5N6O2/c1-40-7-9-41(10-8-40)29-21-14-37-26(20-12-19(43)11-17-3-4-22(33)25(34)23(17)20)24(28(35)36)27(21)38-30(39-29)44-16-31-5-2-6-42(31)15-18(32)13-31/h3-4,11-12,14,18,28,43H,2,5-10,13,15-16H2,1H3/t18-,31+/m1/s1. The van der Waals surface area contributed by atoms with Gasteiger partial charge in [-0.1, -0.05) is 6.07 Å². The predicted octanol–water partition coefficient (Wildman–Crippen LogP) is 5.47. The smallest absolute Gasteiger partial charge is 0.319 e. The van der Waals surface area contributed by atoms with Crippen molar-refractivity contribution in [3.8, 4) is 23.0 Å². The van der Waals surface area contributed by atoms with Gasteiger partial charge in [0, 0.05) is 56.3 Å². The van der Waals surface area contributed by atoms with Crippen LogP contribution in [0.15, 0.2) is 30.5 Å². The zero-order valence-electron chi connectivity index (χ0n) is 24.0. The van der Waals surface area contributed by atoms with Crippen molar-refractivity contribution in [3.63, 3.8) is 0 Å². The Morgan fingerprint density at radius 3 is 2.66 bits per heavy atom. The van der Waals surface area contributed by atoms with Crippen molar-refractivity contribution in [3.05, 3.63) is 47.7 Å². The second-order valence-electron chi connectivity index (χ2n) is 12.0. The third kappa shape index (κ3) is 4.86. The number of piperazine rings is 1. The van der Waals surface area contributed by atoms with Gasteiger partial charge in [0.25, 0.3) is 6.43 Å². The van der Waals surface area contributed by atoms with Crippen LogP contribution in [0.2, 0.25) is 0 Å². The second kappa shape index (κ2) is 11.0. The molecule has 0 radical (unpaired) electrons. The highest BCUT2D eigenvalue weighted by atomic mass is 19.3. The van der Waals surface area contributed by atoms with Gasteiger partial charge in [-0.3, -0.25) is 9.88 Å². The highest BCUT2D eigenvalue weighted by Gasteiger charge is 2.49. The van der Waals surface area contributed by atoms with Crippen LogP contribution in [0.25, 0.3) is 32.9 Å². The van der Waals surface area contributed by atoms with E-state index in [-0.39, 0.29) is 51.3 Å². The number of phenolic OH excluding ortho intramolecular Hbond substituents is 1. The average molecular weight is 615 g/mol. The minimum absolute atomic E-state index is 0.102. The van der Waals surface area contributed by atoms with E-state index in [9.17, 15) is 13.9 Å². The number of hydrogen-bond acceptors (Lipinski definition) is 8. The predicted molar refractivity (Wildman–Crippen MR) is 155 cm³/mol. The molecule has 1 N–H and O–H groups in total. The molecule has 0 spiro atoms. The number of aromatic hydroxyl groups is 1. The Hall–Kier alpha value is -3.84. The number of alkyl halides is 3. The monoisotopic (exact) mass is 614 g/mol.